The van der Waals surface area contributed by atoms with Crippen molar-refractivity contribution in [2.24, 2.45) is 5.92 Å². The highest BCUT2D eigenvalue weighted by molar-refractivity contribution is 5.69. The van der Waals surface area contributed by atoms with Crippen molar-refractivity contribution in [2.45, 2.75) is 136 Å². The van der Waals surface area contributed by atoms with Crippen molar-refractivity contribution < 1.29 is 9.53 Å². The molecule has 0 heterocycles. The Hall–Kier alpha value is -1.57. The first-order valence-electron chi connectivity index (χ1n) is 14.4. The number of ether oxygens (including phenoxy) is 1. The molecule has 0 aromatic rings. The molecule has 0 spiro atoms. The van der Waals surface area contributed by atoms with E-state index in [1.165, 1.54) is 70.6 Å². The highest BCUT2D eigenvalue weighted by Crippen LogP contribution is 2.12. The summed E-state index contributed by atoms with van der Waals surface area (Å²) in [6, 6.07) is 0. The summed E-state index contributed by atoms with van der Waals surface area (Å²) in [6.45, 7) is 7.44. The van der Waals surface area contributed by atoms with Crippen LogP contribution in [0.4, 0.5) is 0 Å². The smallest absolute Gasteiger partial charge is 0.305 e. The summed E-state index contributed by atoms with van der Waals surface area (Å²) in [4.78, 5) is 11.8. The van der Waals surface area contributed by atoms with Gasteiger partial charge >= 0.3 is 5.97 Å². The Kier molecular flexibility index (Phi) is 26.4. The SMILES string of the molecule is CCCCC/C=C\C/C=C\C/C=C\C/C=C\CCCC(=O)OCCCCCCCCCC(C)C. The quantitative estimate of drug-likeness (QED) is 0.0793. The number of unbranched alkanes of at least 4 members (excludes halogenated alkanes) is 10. The summed E-state index contributed by atoms with van der Waals surface area (Å²) in [5.41, 5.74) is 0. The number of carbonyl (C=O) groups is 1. The third kappa shape index (κ3) is 28.5. The molecule has 0 saturated heterocycles. The fourth-order valence-corrected chi connectivity index (χ4v) is 3.72. The Morgan fingerprint density at radius 2 is 1.12 bits per heavy atom. The van der Waals surface area contributed by atoms with Crippen LogP contribution in [0.5, 0.6) is 0 Å². The van der Waals surface area contributed by atoms with Crippen LogP contribution in [0.15, 0.2) is 48.6 Å². The maximum absolute atomic E-state index is 11.8. The summed E-state index contributed by atoms with van der Waals surface area (Å²) in [7, 11) is 0. The third-order valence-corrected chi connectivity index (χ3v) is 5.90. The van der Waals surface area contributed by atoms with Gasteiger partial charge in [-0.3, -0.25) is 4.79 Å². The summed E-state index contributed by atoms with van der Waals surface area (Å²) in [6.07, 6.45) is 38.6. The zero-order chi connectivity index (χ0) is 25.0. The summed E-state index contributed by atoms with van der Waals surface area (Å²) in [5.74, 6) is 0.799. The number of esters is 1. The van der Waals surface area contributed by atoms with E-state index in [4.69, 9.17) is 4.74 Å². The molecule has 0 atom stereocenters. The third-order valence-electron chi connectivity index (χ3n) is 5.90. The van der Waals surface area contributed by atoms with Gasteiger partial charge in [0.2, 0.25) is 0 Å². The number of rotatable bonds is 24. The zero-order valence-corrected chi connectivity index (χ0v) is 22.9. The molecule has 0 fully saturated rings. The molecule has 0 aliphatic rings. The van der Waals surface area contributed by atoms with Crippen LogP contribution >= 0.6 is 0 Å². The Morgan fingerprint density at radius 3 is 1.68 bits per heavy atom. The van der Waals surface area contributed by atoms with Crippen LogP contribution in [-0.4, -0.2) is 12.6 Å². The zero-order valence-electron chi connectivity index (χ0n) is 22.9. The normalized spacial score (nSPS) is 12.4. The van der Waals surface area contributed by atoms with Crippen LogP contribution in [0.2, 0.25) is 0 Å². The molecule has 0 bridgehead atoms. The van der Waals surface area contributed by atoms with Crippen molar-refractivity contribution in [2.75, 3.05) is 6.61 Å². The predicted molar refractivity (Wildman–Crippen MR) is 151 cm³/mol. The van der Waals surface area contributed by atoms with Crippen molar-refractivity contribution >= 4 is 5.97 Å². The van der Waals surface area contributed by atoms with E-state index in [2.05, 4.69) is 69.4 Å². The highest BCUT2D eigenvalue weighted by atomic mass is 16.5. The van der Waals surface area contributed by atoms with Gasteiger partial charge in [-0.2, -0.15) is 0 Å². The fraction of sp³-hybridized carbons (Fsp3) is 0.719. The molecule has 0 aliphatic carbocycles. The minimum atomic E-state index is -0.0374. The van der Waals surface area contributed by atoms with Gasteiger partial charge in [-0.25, -0.2) is 0 Å². The monoisotopic (exact) mass is 472 g/mol. The van der Waals surface area contributed by atoms with Gasteiger partial charge < -0.3 is 4.74 Å². The molecule has 0 aromatic heterocycles. The van der Waals surface area contributed by atoms with E-state index < -0.39 is 0 Å². The average molecular weight is 473 g/mol. The molecule has 2 heteroatoms. The van der Waals surface area contributed by atoms with Crippen LogP contribution in [0.3, 0.4) is 0 Å². The van der Waals surface area contributed by atoms with Gasteiger partial charge in [-0.15, -0.1) is 0 Å². The lowest BCUT2D eigenvalue weighted by Crippen LogP contribution is -2.05. The van der Waals surface area contributed by atoms with E-state index in [-0.39, 0.29) is 5.97 Å². The average Bonchev–Trinajstić information content (AvgIpc) is 2.82. The highest BCUT2D eigenvalue weighted by Gasteiger charge is 2.01. The first kappa shape index (κ1) is 32.4. The minimum Gasteiger partial charge on any atom is -0.466 e. The molecule has 2 nitrogen and oxygen atoms in total. The van der Waals surface area contributed by atoms with E-state index in [1.807, 2.05) is 0 Å². The number of hydrogen-bond donors (Lipinski definition) is 0. The Balaban J connectivity index is 3.40. The van der Waals surface area contributed by atoms with E-state index >= 15 is 0 Å². The Bertz CT molecular complexity index is 539. The van der Waals surface area contributed by atoms with E-state index in [0.29, 0.717) is 13.0 Å². The Labute approximate surface area is 213 Å². The van der Waals surface area contributed by atoms with Gasteiger partial charge in [0.15, 0.2) is 0 Å². The molecule has 196 valence electrons. The van der Waals surface area contributed by atoms with Crippen molar-refractivity contribution in [3.05, 3.63) is 48.6 Å². The van der Waals surface area contributed by atoms with Gasteiger partial charge in [0.1, 0.15) is 0 Å². The molecule has 34 heavy (non-hydrogen) atoms. The van der Waals surface area contributed by atoms with Crippen LogP contribution in [0, 0.1) is 5.92 Å². The van der Waals surface area contributed by atoms with E-state index in [9.17, 15) is 4.79 Å². The molecular weight excluding hydrogens is 416 g/mol. The first-order valence-corrected chi connectivity index (χ1v) is 14.4. The maximum Gasteiger partial charge on any atom is 0.305 e. The first-order chi connectivity index (χ1) is 16.7. The van der Waals surface area contributed by atoms with Crippen molar-refractivity contribution in [1.82, 2.24) is 0 Å². The van der Waals surface area contributed by atoms with Gasteiger partial charge in [-0.1, -0.05) is 127 Å². The number of hydrogen-bond acceptors (Lipinski definition) is 2. The molecule has 0 rings (SSSR count). The number of allylic oxidation sites excluding steroid dienone is 8. The molecule has 0 aromatic carbocycles. The summed E-state index contributed by atoms with van der Waals surface area (Å²) in [5, 5.41) is 0. The molecule has 0 saturated carbocycles. The van der Waals surface area contributed by atoms with Crippen molar-refractivity contribution in [1.29, 1.82) is 0 Å². The summed E-state index contributed by atoms with van der Waals surface area (Å²) >= 11 is 0. The molecule has 0 radical (unpaired) electrons. The topological polar surface area (TPSA) is 26.3 Å². The van der Waals surface area contributed by atoms with Crippen LogP contribution in [0.25, 0.3) is 0 Å². The number of carbonyl (C=O) groups excluding carboxylic acids is 1. The van der Waals surface area contributed by atoms with Crippen LogP contribution in [0.1, 0.15) is 136 Å². The second kappa shape index (κ2) is 27.7. The van der Waals surface area contributed by atoms with E-state index in [1.54, 1.807) is 0 Å². The lowest BCUT2D eigenvalue weighted by Gasteiger charge is -2.05. The van der Waals surface area contributed by atoms with Crippen LogP contribution < -0.4 is 0 Å². The summed E-state index contributed by atoms with van der Waals surface area (Å²) < 4.78 is 5.36. The molecule has 0 unspecified atom stereocenters. The lowest BCUT2D eigenvalue weighted by atomic mass is 10.0. The fourth-order valence-electron chi connectivity index (χ4n) is 3.72. The minimum absolute atomic E-state index is 0.0374. The maximum atomic E-state index is 11.8. The Morgan fingerprint density at radius 1 is 0.618 bits per heavy atom. The molecule has 0 amide bonds. The largest absolute Gasteiger partial charge is 0.466 e. The molecule has 0 aliphatic heterocycles. The van der Waals surface area contributed by atoms with E-state index in [0.717, 1.165) is 44.4 Å². The van der Waals surface area contributed by atoms with Gasteiger partial charge in [0.05, 0.1) is 6.61 Å². The van der Waals surface area contributed by atoms with Crippen LogP contribution in [-0.2, 0) is 9.53 Å². The second-order valence-electron chi connectivity index (χ2n) is 9.86. The standard InChI is InChI=1S/C32H56O2/c1-4-5-6-7-8-9-10-11-12-13-14-15-16-17-20-23-26-29-32(33)34-30-27-24-21-18-19-22-25-28-31(2)3/h8-9,11-12,14-15,17,20,31H,4-7,10,13,16,18-19,21-30H2,1-3H3/b9-8-,12-11-,15-14-,20-17-. The van der Waals surface area contributed by atoms with Gasteiger partial charge in [-0.05, 0) is 57.3 Å². The lowest BCUT2D eigenvalue weighted by molar-refractivity contribution is -0.143. The second-order valence-corrected chi connectivity index (χ2v) is 9.86. The van der Waals surface area contributed by atoms with Crippen molar-refractivity contribution in [3.8, 4) is 0 Å². The molecular formula is C32H56O2. The van der Waals surface area contributed by atoms with Crippen molar-refractivity contribution in [3.63, 3.8) is 0 Å². The van der Waals surface area contributed by atoms with Gasteiger partial charge in [0, 0.05) is 6.42 Å². The van der Waals surface area contributed by atoms with Gasteiger partial charge in [0.25, 0.3) is 0 Å². The molecule has 0 N–H and O–H groups in total. The predicted octanol–water partition coefficient (Wildman–Crippen LogP) is 10.5.